The number of nitrogens with two attached hydrogens (primary N) is 1. The van der Waals surface area contributed by atoms with E-state index in [0.29, 0.717) is 17.7 Å². The highest BCUT2D eigenvalue weighted by atomic mass is 32.2. The Labute approximate surface area is 113 Å². The van der Waals surface area contributed by atoms with Crippen LogP contribution in [0.3, 0.4) is 0 Å². The van der Waals surface area contributed by atoms with Crippen LogP contribution in [0, 0.1) is 12.3 Å². The molecule has 19 heavy (non-hydrogen) atoms. The zero-order chi connectivity index (χ0) is 14.3. The van der Waals surface area contributed by atoms with Gasteiger partial charge in [-0.1, -0.05) is 6.92 Å². The number of amides is 1. The molecule has 0 aromatic heterocycles. The lowest BCUT2D eigenvalue weighted by Crippen LogP contribution is -2.29. The van der Waals surface area contributed by atoms with Crippen molar-refractivity contribution in [3.05, 3.63) is 29.3 Å². The average Bonchev–Trinajstić information content (AvgIpc) is 3.03. The number of hydrogen-bond acceptors (Lipinski definition) is 3. The van der Waals surface area contributed by atoms with Crippen molar-refractivity contribution in [1.82, 2.24) is 5.32 Å². The van der Waals surface area contributed by atoms with E-state index in [0.717, 1.165) is 12.8 Å². The first-order chi connectivity index (χ1) is 8.71. The molecule has 1 amide bonds. The molecular formula is C13H18N2O3S. The molecular weight excluding hydrogens is 264 g/mol. The van der Waals surface area contributed by atoms with Gasteiger partial charge < -0.3 is 5.32 Å². The van der Waals surface area contributed by atoms with Crippen LogP contribution in [0.2, 0.25) is 0 Å². The molecule has 0 spiro atoms. The highest BCUT2D eigenvalue weighted by Gasteiger charge is 2.37. The lowest BCUT2D eigenvalue weighted by Gasteiger charge is -2.12. The first-order valence-electron chi connectivity index (χ1n) is 6.13. The molecule has 1 aromatic carbocycles. The van der Waals surface area contributed by atoms with Crippen molar-refractivity contribution < 1.29 is 13.2 Å². The molecule has 0 heterocycles. The quantitative estimate of drug-likeness (QED) is 0.868. The van der Waals surface area contributed by atoms with E-state index in [1.54, 1.807) is 6.92 Å². The maximum Gasteiger partial charge on any atom is 0.251 e. The predicted octanol–water partition coefficient (Wildman–Crippen LogP) is 1.17. The van der Waals surface area contributed by atoms with E-state index in [1.165, 1.54) is 18.2 Å². The van der Waals surface area contributed by atoms with Crippen molar-refractivity contribution in [2.45, 2.75) is 31.6 Å². The van der Waals surface area contributed by atoms with Crippen LogP contribution in [0.1, 0.15) is 35.7 Å². The average molecular weight is 282 g/mol. The van der Waals surface area contributed by atoms with Gasteiger partial charge in [0.15, 0.2) is 0 Å². The molecule has 0 saturated heterocycles. The molecule has 1 fully saturated rings. The van der Waals surface area contributed by atoms with Gasteiger partial charge in [0.1, 0.15) is 0 Å². The van der Waals surface area contributed by atoms with Gasteiger partial charge in [-0.25, -0.2) is 13.6 Å². The fraction of sp³-hybridized carbons (Fsp3) is 0.462. The Morgan fingerprint density at radius 1 is 1.42 bits per heavy atom. The summed E-state index contributed by atoms with van der Waals surface area (Å²) < 4.78 is 22.4. The molecule has 1 saturated carbocycles. The molecule has 2 rings (SSSR count). The molecule has 0 atom stereocenters. The van der Waals surface area contributed by atoms with Crippen LogP contribution in [-0.4, -0.2) is 20.9 Å². The summed E-state index contributed by atoms with van der Waals surface area (Å²) in [5, 5.41) is 7.93. The maximum absolute atomic E-state index is 12.0. The standard InChI is InChI=1S/C13H18N2O3S/c1-9-7-10(19(14,17)18)3-4-11(9)12(16)15-8-13(2)5-6-13/h3-4,7H,5-6,8H2,1-2H3,(H,15,16)(H2,14,17,18). The summed E-state index contributed by atoms with van der Waals surface area (Å²) in [5.74, 6) is -0.174. The van der Waals surface area contributed by atoms with Crippen LogP contribution >= 0.6 is 0 Å². The van der Waals surface area contributed by atoms with Crippen LogP contribution in [0.25, 0.3) is 0 Å². The van der Waals surface area contributed by atoms with E-state index < -0.39 is 10.0 Å². The maximum atomic E-state index is 12.0. The Kier molecular flexibility index (Phi) is 3.40. The highest BCUT2D eigenvalue weighted by molar-refractivity contribution is 7.89. The number of hydrogen-bond donors (Lipinski definition) is 2. The zero-order valence-corrected chi connectivity index (χ0v) is 11.9. The Balaban J connectivity index is 2.14. The van der Waals surface area contributed by atoms with Gasteiger partial charge in [0.25, 0.3) is 5.91 Å². The summed E-state index contributed by atoms with van der Waals surface area (Å²) in [6, 6.07) is 4.28. The Morgan fingerprint density at radius 2 is 2.05 bits per heavy atom. The fourth-order valence-electron chi connectivity index (χ4n) is 1.85. The molecule has 1 aromatic rings. The minimum atomic E-state index is -3.73. The minimum Gasteiger partial charge on any atom is -0.351 e. The number of rotatable bonds is 4. The molecule has 3 N–H and O–H groups in total. The molecule has 5 nitrogen and oxygen atoms in total. The number of carbonyl (C=O) groups is 1. The molecule has 1 aliphatic carbocycles. The smallest absolute Gasteiger partial charge is 0.251 e. The van der Waals surface area contributed by atoms with Crippen LogP contribution in [0.5, 0.6) is 0 Å². The van der Waals surface area contributed by atoms with E-state index in [2.05, 4.69) is 12.2 Å². The number of carbonyl (C=O) groups excluding carboxylic acids is 1. The van der Waals surface area contributed by atoms with Gasteiger partial charge in [-0.15, -0.1) is 0 Å². The van der Waals surface area contributed by atoms with E-state index in [9.17, 15) is 13.2 Å². The van der Waals surface area contributed by atoms with Gasteiger partial charge in [-0.2, -0.15) is 0 Å². The Morgan fingerprint density at radius 3 is 2.53 bits per heavy atom. The molecule has 104 valence electrons. The third-order valence-corrected chi connectivity index (χ3v) is 4.46. The molecule has 1 aliphatic rings. The Bertz CT molecular complexity index is 619. The fourth-order valence-corrected chi connectivity index (χ4v) is 2.45. The summed E-state index contributed by atoms with van der Waals surface area (Å²) in [7, 11) is -3.73. The summed E-state index contributed by atoms with van der Waals surface area (Å²) in [6.07, 6.45) is 2.27. The van der Waals surface area contributed by atoms with E-state index in [-0.39, 0.29) is 16.2 Å². The third-order valence-electron chi connectivity index (χ3n) is 3.55. The minimum absolute atomic E-state index is 0.0238. The van der Waals surface area contributed by atoms with Crippen LogP contribution in [0.15, 0.2) is 23.1 Å². The summed E-state index contributed by atoms with van der Waals surface area (Å²) in [5.41, 5.74) is 1.33. The predicted molar refractivity (Wildman–Crippen MR) is 72.2 cm³/mol. The number of nitrogens with one attached hydrogen (secondary N) is 1. The number of sulfonamides is 1. The van der Waals surface area contributed by atoms with Crippen molar-refractivity contribution in [2.75, 3.05) is 6.54 Å². The van der Waals surface area contributed by atoms with Crippen LogP contribution in [-0.2, 0) is 10.0 Å². The first kappa shape index (κ1) is 14.0. The second-order valence-electron chi connectivity index (χ2n) is 5.52. The summed E-state index contributed by atoms with van der Waals surface area (Å²) in [4.78, 5) is 12.0. The molecule has 0 unspecified atom stereocenters. The van der Waals surface area contributed by atoms with Crippen LogP contribution < -0.4 is 10.5 Å². The van der Waals surface area contributed by atoms with E-state index in [4.69, 9.17) is 5.14 Å². The summed E-state index contributed by atoms with van der Waals surface area (Å²) >= 11 is 0. The lowest BCUT2D eigenvalue weighted by atomic mass is 10.1. The molecule has 0 bridgehead atoms. The SMILES string of the molecule is Cc1cc(S(N)(=O)=O)ccc1C(=O)NCC1(C)CC1. The normalized spacial score (nSPS) is 17.0. The van der Waals surface area contributed by atoms with Crippen LogP contribution in [0.4, 0.5) is 0 Å². The lowest BCUT2D eigenvalue weighted by molar-refractivity contribution is 0.0945. The number of aryl methyl sites for hydroxylation is 1. The second-order valence-corrected chi connectivity index (χ2v) is 7.08. The van der Waals surface area contributed by atoms with Crippen molar-refractivity contribution in [1.29, 1.82) is 0 Å². The van der Waals surface area contributed by atoms with Gasteiger partial charge >= 0.3 is 0 Å². The van der Waals surface area contributed by atoms with Crippen molar-refractivity contribution >= 4 is 15.9 Å². The van der Waals surface area contributed by atoms with Gasteiger partial charge in [0.05, 0.1) is 4.90 Å². The monoisotopic (exact) mass is 282 g/mol. The van der Waals surface area contributed by atoms with Crippen molar-refractivity contribution in [3.63, 3.8) is 0 Å². The van der Waals surface area contributed by atoms with Gasteiger partial charge in [-0.3, -0.25) is 4.79 Å². The Hall–Kier alpha value is -1.40. The second kappa shape index (κ2) is 4.61. The third kappa shape index (κ3) is 3.33. The zero-order valence-electron chi connectivity index (χ0n) is 11.1. The van der Waals surface area contributed by atoms with Gasteiger partial charge in [0, 0.05) is 12.1 Å². The topological polar surface area (TPSA) is 89.3 Å². The van der Waals surface area contributed by atoms with Crippen molar-refractivity contribution in [2.24, 2.45) is 10.6 Å². The molecule has 0 aliphatic heterocycles. The highest BCUT2D eigenvalue weighted by Crippen LogP contribution is 2.44. The molecule has 0 radical (unpaired) electrons. The van der Waals surface area contributed by atoms with E-state index in [1.807, 2.05) is 0 Å². The number of primary sulfonamides is 1. The number of benzene rings is 1. The van der Waals surface area contributed by atoms with E-state index >= 15 is 0 Å². The first-order valence-corrected chi connectivity index (χ1v) is 7.68. The van der Waals surface area contributed by atoms with Gasteiger partial charge in [-0.05, 0) is 48.9 Å². The largest absolute Gasteiger partial charge is 0.351 e. The van der Waals surface area contributed by atoms with Gasteiger partial charge in [0.2, 0.25) is 10.0 Å². The molecule has 6 heteroatoms. The summed E-state index contributed by atoms with van der Waals surface area (Å²) in [6.45, 7) is 4.48. The van der Waals surface area contributed by atoms with Crippen molar-refractivity contribution in [3.8, 4) is 0 Å².